The van der Waals surface area contributed by atoms with Crippen LogP contribution in [-0.4, -0.2) is 24.3 Å². The Morgan fingerprint density at radius 3 is 2.47 bits per heavy atom. The minimum Gasteiger partial charge on any atom is -0.428 e. The largest absolute Gasteiger partial charge is 0.516 e. The van der Waals surface area contributed by atoms with Crippen molar-refractivity contribution < 1.29 is 19.1 Å². The number of para-hydroxylation sites is 1. The molecular weight excluding hydrogens is 270 g/mol. The summed E-state index contributed by atoms with van der Waals surface area (Å²) in [5.41, 5.74) is -0.113. The molecule has 1 N–H and O–H groups in total. The number of esters is 1. The van der Waals surface area contributed by atoms with Gasteiger partial charge >= 0.3 is 12.1 Å². The number of benzene rings is 1. The van der Waals surface area contributed by atoms with Gasteiger partial charge < -0.3 is 14.8 Å². The molecule has 19 heavy (non-hydrogen) atoms. The lowest BCUT2D eigenvalue weighted by Gasteiger charge is -2.18. The average Bonchev–Trinajstić information content (AvgIpc) is 2.25. The maximum Gasteiger partial charge on any atom is 0.516 e. The third kappa shape index (κ3) is 6.10. The van der Waals surface area contributed by atoms with Crippen molar-refractivity contribution in [2.45, 2.75) is 26.4 Å². The lowest BCUT2D eigenvalue weighted by molar-refractivity contribution is -0.139. The van der Waals surface area contributed by atoms with E-state index in [9.17, 15) is 9.59 Å². The monoisotopic (exact) mass is 285 g/mol. The second kappa shape index (κ2) is 6.43. The summed E-state index contributed by atoms with van der Waals surface area (Å²) in [5, 5.41) is 3.25. The Balaban J connectivity index is 2.40. The Kier molecular flexibility index (Phi) is 5.18. The maximum atomic E-state index is 11.4. The minimum absolute atomic E-state index is 0.178. The minimum atomic E-state index is -1.02. The van der Waals surface area contributed by atoms with E-state index in [1.165, 1.54) is 0 Å². The second-order valence-electron chi connectivity index (χ2n) is 4.77. The van der Waals surface area contributed by atoms with Gasteiger partial charge in [-0.2, -0.15) is 0 Å². The van der Waals surface area contributed by atoms with Crippen LogP contribution in [0, 0.1) is 0 Å². The van der Waals surface area contributed by atoms with Gasteiger partial charge in [-0.1, -0.05) is 23.7 Å². The molecule has 0 saturated carbocycles. The fourth-order valence-corrected chi connectivity index (χ4v) is 1.37. The zero-order valence-corrected chi connectivity index (χ0v) is 11.8. The number of nitrogens with one attached hydrogen (secondary N) is 1. The molecule has 1 rings (SSSR count). The Morgan fingerprint density at radius 2 is 1.89 bits per heavy atom. The molecular formula is C13H16ClNO4. The molecule has 0 saturated heterocycles. The number of ether oxygens (including phenoxy) is 2. The molecule has 0 aromatic heterocycles. The molecule has 0 heterocycles. The smallest absolute Gasteiger partial charge is 0.428 e. The average molecular weight is 286 g/mol. The van der Waals surface area contributed by atoms with Gasteiger partial charge in [-0.25, -0.2) is 9.59 Å². The standard InChI is InChI=1S/C13H16ClNO4/c1-13(2,3)19-12(17)18-11(16)8-15-10-7-5-4-6-9(10)14/h4-7,15H,8H2,1-3H3. The van der Waals surface area contributed by atoms with E-state index in [1.807, 2.05) is 0 Å². The summed E-state index contributed by atoms with van der Waals surface area (Å²) in [4.78, 5) is 22.6. The first-order valence-corrected chi connectivity index (χ1v) is 6.08. The highest BCUT2D eigenvalue weighted by atomic mass is 35.5. The van der Waals surface area contributed by atoms with E-state index in [0.29, 0.717) is 10.7 Å². The number of carbonyl (C=O) groups excluding carboxylic acids is 2. The van der Waals surface area contributed by atoms with Gasteiger partial charge in [0.15, 0.2) is 0 Å². The van der Waals surface area contributed by atoms with Crippen LogP contribution in [-0.2, 0) is 14.3 Å². The Morgan fingerprint density at radius 1 is 1.26 bits per heavy atom. The number of anilines is 1. The van der Waals surface area contributed by atoms with Gasteiger partial charge in [0.25, 0.3) is 0 Å². The molecule has 0 aliphatic heterocycles. The number of carbonyl (C=O) groups is 2. The van der Waals surface area contributed by atoms with Crippen LogP contribution in [0.5, 0.6) is 0 Å². The van der Waals surface area contributed by atoms with Gasteiger partial charge in [0.05, 0.1) is 10.7 Å². The number of rotatable bonds is 3. The highest BCUT2D eigenvalue weighted by Crippen LogP contribution is 2.19. The summed E-state index contributed by atoms with van der Waals surface area (Å²) in [6.45, 7) is 4.87. The molecule has 1 aromatic rings. The highest BCUT2D eigenvalue weighted by molar-refractivity contribution is 6.33. The van der Waals surface area contributed by atoms with E-state index in [-0.39, 0.29) is 6.54 Å². The molecule has 0 aliphatic rings. The summed E-state index contributed by atoms with van der Waals surface area (Å²) >= 11 is 5.89. The van der Waals surface area contributed by atoms with Gasteiger partial charge in [-0.05, 0) is 32.9 Å². The summed E-state index contributed by atoms with van der Waals surface area (Å²) in [6, 6.07) is 6.94. The SMILES string of the molecule is CC(C)(C)OC(=O)OC(=O)CNc1ccccc1Cl. The van der Waals surface area contributed by atoms with Crippen LogP contribution >= 0.6 is 11.6 Å². The summed E-state index contributed by atoms with van der Waals surface area (Å²) in [6.07, 6.45) is -1.02. The van der Waals surface area contributed by atoms with Crippen molar-refractivity contribution in [1.82, 2.24) is 0 Å². The second-order valence-corrected chi connectivity index (χ2v) is 5.18. The van der Waals surface area contributed by atoms with Crippen molar-refractivity contribution in [3.8, 4) is 0 Å². The number of hydrogen-bond donors (Lipinski definition) is 1. The van der Waals surface area contributed by atoms with Crippen molar-refractivity contribution in [3.63, 3.8) is 0 Å². The Labute approximate surface area is 116 Å². The van der Waals surface area contributed by atoms with Gasteiger partial charge in [-0.3, -0.25) is 0 Å². The Bertz CT molecular complexity index is 468. The normalized spacial score (nSPS) is 10.7. The first kappa shape index (κ1) is 15.3. The third-order valence-electron chi connectivity index (χ3n) is 1.88. The van der Waals surface area contributed by atoms with E-state index in [1.54, 1.807) is 45.0 Å². The van der Waals surface area contributed by atoms with Gasteiger partial charge in [0, 0.05) is 0 Å². The molecule has 104 valence electrons. The summed E-state index contributed by atoms with van der Waals surface area (Å²) in [7, 11) is 0. The molecule has 0 amide bonds. The van der Waals surface area contributed by atoms with Crippen LogP contribution in [0.15, 0.2) is 24.3 Å². The molecule has 0 unspecified atom stereocenters. The zero-order chi connectivity index (χ0) is 14.5. The van der Waals surface area contributed by atoms with Crippen molar-refractivity contribution in [3.05, 3.63) is 29.3 Å². The Hall–Kier alpha value is -1.75. The number of hydrogen-bond acceptors (Lipinski definition) is 5. The van der Waals surface area contributed by atoms with Crippen LogP contribution in [0.25, 0.3) is 0 Å². The van der Waals surface area contributed by atoms with Gasteiger partial charge in [0.2, 0.25) is 0 Å². The molecule has 1 aromatic carbocycles. The first-order valence-electron chi connectivity index (χ1n) is 5.70. The van der Waals surface area contributed by atoms with Crippen LogP contribution in [0.1, 0.15) is 20.8 Å². The zero-order valence-electron chi connectivity index (χ0n) is 11.0. The summed E-state index contributed by atoms with van der Waals surface area (Å²) < 4.78 is 9.33. The first-order chi connectivity index (χ1) is 8.78. The van der Waals surface area contributed by atoms with E-state index in [4.69, 9.17) is 16.3 Å². The fraction of sp³-hybridized carbons (Fsp3) is 0.385. The molecule has 5 nitrogen and oxygen atoms in total. The molecule has 0 atom stereocenters. The highest BCUT2D eigenvalue weighted by Gasteiger charge is 2.20. The molecule has 0 aliphatic carbocycles. The van der Waals surface area contributed by atoms with Crippen LogP contribution in [0.2, 0.25) is 5.02 Å². The van der Waals surface area contributed by atoms with Crippen LogP contribution in [0.4, 0.5) is 10.5 Å². The van der Waals surface area contributed by atoms with Gasteiger partial charge in [0.1, 0.15) is 12.1 Å². The summed E-state index contributed by atoms with van der Waals surface area (Å²) in [5.74, 6) is -0.742. The maximum absolute atomic E-state index is 11.4. The predicted molar refractivity (Wildman–Crippen MR) is 72.3 cm³/mol. The van der Waals surface area contributed by atoms with E-state index in [0.717, 1.165) is 0 Å². The topological polar surface area (TPSA) is 64.6 Å². The third-order valence-corrected chi connectivity index (χ3v) is 2.21. The number of halogens is 1. The quantitative estimate of drug-likeness (QED) is 0.682. The van der Waals surface area contributed by atoms with E-state index < -0.39 is 17.7 Å². The van der Waals surface area contributed by atoms with Crippen LogP contribution in [0.3, 0.4) is 0 Å². The molecule has 0 fully saturated rings. The predicted octanol–water partition coefficient (Wildman–Crippen LogP) is 3.23. The molecule has 0 bridgehead atoms. The van der Waals surface area contributed by atoms with E-state index in [2.05, 4.69) is 10.1 Å². The van der Waals surface area contributed by atoms with Gasteiger partial charge in [-0.15, -0.1) is 0 Å². The van der Waals surface area contributed by atoms with Crippen molar-refractivity contribution in [2.75, 3.05) is 11.9 Å². The lowest BCUT2D eigenvalue weighted by Crippen LogP contribution is -2.28. The van der Waals surface area contributed by atoms with E-state index >= 15 is 0 Å². The lowest BCUT2D eigenvalue weighted by atomic mass is 10.2. The molecule has 0 radical (unpaired) electrons. The van der Waals surface area contributed by atoms with Crippen molar-refractivity contribution in [1.29, 1.82) is 0 Å². The van der Waals surface area contributed by atoms with Crippen molar-refractivity contribution >= 4 is 29.4 Å². The fourth-order valence-electron chi connectivity index (χ4n) is 1.17. The van der Waals surface area contributed by atoms with Crippen LogP contribution < -0.4 is 5.32 Å². The molecule has 6 heteroatoms. The molecule has 0 spiro atoms. The van der Waals surface area contributed by atoms with Crippen molar-refractivity contribution in [2.24, 2.45) is 0 Å².